The van der Waals surface area contributed by atoms with E-state index in [1.54, 1.807) is 38.4 Å². The molecule has 0 aliphatic carbocycles. The van der Waals surface area contributed by atoms with Crippen LogP contribution in [0.25, 0.3) is 0 Å². The Bertz CT molecular complexity index is 1310. The first-order valence-corrected chi connectivity index (χ1v) is 11.7. The molecule has 2 heterocycles. The maximum atomic E-state index is 11.9. The predicted octanol–water partition coefficient (Wildman–Crippen LogP) is 4.13. The van der Waals surface area contributed by atoms with Gasteiger partial charge in [0.05, 0.1) is 48.7 Å². The number of nitrogens with one attached hydrogen (secondary N) is 3. The van der Waals surface area contributed by atoms with Crippen LogP contribution in [0.15, 0.2) is 66.5 Å². The zero-order valence-corrected chi connectivity index (χ0v) is 20.7. The summed E-state index contributed by atoms with van der Waals surface area (Å²) in [6, 6.07) is 13.0. The number of benzene rings is 2. The summed E-state index contributed by atoms with van der Waals surface area (Å²) in [6.45, 7) is 8.14. The minimum atomic E-state index is -0.347. The van der Waals surface area contributed by atoms with Gasteiger partial charge in [-0.2, -0.15) is 4.98 Å². The van der Waals surface area contributed by atoms with Crippen molar-refractivity contribution in [1.82, 2.24) is 9.97 Å². The maximum Gasteiger partial charge on any atom is 0.247 e. The Morgan fingerprint density at radius 1 is 1.16 bits per heavy atom. The normalized spacial score (nSPS) is 13.6. The fraction of sp³-hybridized carbons (Fsp3) is 0.231. The van der Waals surface area contributed by atoms with E-state index in [2.05, 4.69) is 42.6 Å². The van der Waals surface area contributed by atoms with Gasteiger partial charge in [0, 0.05) is 31.0 Å². The Balaban J connectivity index is 1.64. The van der Waals surface area contributed by atoms with Gasteiger partial charge in [0.2, 0.25) is 11.9 Å². The lowest BCUT2D eigenvalue weighted by Gasteiger charge is -2.29. The zero-order valence-electron chi connectivity index (χ0n) is 20.7. The van der Waals surface area contributed by atoms with Crippen LogP contribution in [0.3, 0.4) is 0 Å². The van der Waals surface area contributed by atoms with Crippen molar-refractivity contribution in [1.29, 1.82) is 0 Å². The van der Waals surface area contributed by atoms with Crippen molar-refractivity contribution in [2.45, 2.75) is 6.92 Å². The summed E-state index contributed by atoms with van der Waals surface area (Å²) in [4.78, 5) is 23.1. The van der Waals surface area contributed by atoms with E-state index in [9.17, 15) is 10.0 Å². The van der Waals surface area contributed by atoms with Crippen molar-refractivity contribution >= 4 is 46.1 Å². The van der Waals surface area contributed by atoms with Gasteiger partial charge in [0.25, 0.3) is 0 Å². The summed E-state index contributed by atoms with van der Waals surface area (Å²) in [6.07, 6.45) is 2.74. The number of hydrogen-bond acceptors (Lipinski definition) is 10. The molecule has 11 nitrogen and oxygen atoms in total. The number of para-hydroxylation sites is 2. The molecule has 1 amide bonds. The number of carbonyl (C=O) groups is 1. The van der Waals surface area contributed by atoms with Crippen LogP contribution in [-0.4, -0.2) is 60.2 Å². The van der Waals surface area contributed by atoms with Crippen LogP contribution in [0.4, 0.5) is 34.5 Å². The molecule has 1 aromatic heterocycles. The Hall–Kier alpha value is -4.64. The van der Waals surface area contributed by atoms with Crippen molar-refractivity contribution in [2.75, 3.05) is 54.3 Å². The fourth-order valence-corrected chi connectivity index (χ4v) is 3.79. The number of morpholine rings is 1. The van der Waals surface area contributed by atoms with Gasteiger partial charge in [-0.05, 0) is 37.3 Å². The number of amides is 1. The van der Waals surface area contributed by atoms with Gasteiger partial charge in [0.1, 0.15) is 11.6 Å². The third kappa shape index (κ3) is 6.14. The van der Waals surface area contributed by atoms with Crippen LogP contribution in [0.1, 0.15) is 12.5 Å². The molecule has 1 aliphatic rings. The summed E-state index contributed by atoms with van der Waals surface area (Å²) >= 11 is 0. The number of oxime groups is 1. The number of ether oxygens (including phenoxy) is 2. The Morgan fingerprint density at radius 3 is 2.62 bits per heavy atom. The van der Waals surface area contributed by atoms with Crippen molar-refractivity contribution in [2.24, 2.45) is 5.16 Å². The van der Waals surface area contributed by atoms with Gasteiger partial charge < -0.3 is 35.5 Å². The Morgan fingerprint density at radius 2 is 1.92 bits per heavy atom. The molecule has 0 bridgehead atoms. The third-order valence-corrected chi connectivity index (χ3v) is 5.76. The summed E-state index contributed by atoms with van der Waals surface area (Å²) in [5.74, 6) is 0.955. The first-order chi connectivity index (χ1) is 18.0. The summed E-state index contributed by atoms with van der Waals surface area (Å²) in [7, 11) is 1.61. The lowest BCUT2D eigenvalue weighted by atomic mass is 10.2. The average Bonchev–Trinajstić information content (AvgIpc) is 2.94. The second kappa shape index (κ2) is 11.9. The van der Waals surface area contributed by atoms with Gasteiger partial charge in [-0.1, -0.05) is 23.9 Å². The molecule has 0 spiro atoms. The predicted molar refractivity (Wildman–Crippen MR) is 144 cm³/mol. The van der Waals surface area contributed by atoms with E-state index in [4.69, 9.17) is 9.47 Å². The molecule has 11 heteroatoms. The van der Waals surface area contributed by atoms with Gasteiger partial charge >= 0.3 is 0 Å². The molecule has 0 unspecified atom stereocenters. The van der Waals surface area contributed by atoms with E-state index in [1.165, 1.54) is 6.08 Å². The van der Waals surface area contributed by atoms with Crippen LogP contribution in [0.2, 0.25) is 0 Å². The highest BCUT2D eigenvalue weighted by Crippen LogP contribution is 2.33. The molecule has 4 N–H and O–H groups in total. The number of aromatic nitrogens is 2. The van der Waals surface area contributed by atoms with Crippen molar-refractivity contribution < 1.29 is 19.5 Å². The fourth-order valence-electron chi connectivity index (χ4n) is 3.79. The SMILES string of the molecule is C=CC(=O)Nc1ccccc1Nc1nc(Nc2ccc(N3CCOCC3)cc2OC)ncc1/C(C)=N\O. The molecule has 0 atom stereocenters. The van der Waals surface area contributed by atoms with E-state index in [1.807, 2.05) is 24.3 Å². The lowest BCUT2D eigenvalue weighted by Crippen LogP contribution is -2.36. The number of carbonyl (C=O) groups excluding carboxylic acids is 1. The van der Waals surface area contributed by atoms with Crippen LogP contribution in [-0.2, 0) is 9.53 Å². The Kier molecular flexibility index (Phi) is 8.16. The van der Waals surface area contributed by atoms with Crippen LogP contribution >= 0.6 is 0 Å². The van der Waals surface area contributed by atoms with E-state index in [0.717, 1.165) is 18.8 Å². The number of nitrogens with zero attached hydrogens (tertiary/aromatic N) is 4. The molecule has 0 radical (unpaired) electrons. The quantitative estimate of drug-likeness (QED) is 0.147. The molecule has 0 saturated carbocycles. The van der Waals surface area contributed by atoms with Gasteiger partial charge in [-0.3, -0.25) is 4.79 Å². The van der Waals surface area contributed by atoms with Crippen LogP contribution < -0.4 is 25.6 Å². The van der Waals surface area contributed by atoms with E-state index >= 15 is 0 Å². The molecule has 2 aromatic carbocycles. The van der Waals surface area contributed by atoms with Gasteiger partial charge in [0.15, 0.2) is 0 Å². The van der Waals surface area contributed by atoms with E-state index in [0.29, 0.717) is 59.1 Å². The molecule has 1 saturated heterocycles. The smallest absolute Gasteiger partial charge is 0.247 e. The molecule has 3 aromatic rings. The standard InChI is InChI=1S/C26H29N7O4/c1-4-24(34)28-20-7-5-6-8-21(20)29-25-19(17(2)32-35)16-27-26(31-25)30-22-10-9-18(15-23(22)36-3)33-11-13-37-14-12-33/h4-10,15-16,35H,1,11-14H2,2-3H3,(H,28,34)(H2,27,29,30,31)/b32-17-. The Labute approximate surface area is 214 Å². The number of methoxy groups -OCH3 is 1. The second-order valence-electron chi connectivity index (χ2n) is 8.11. The molecular formula is C26H29N7O4. The monoisotopic (exact) mass is 503 g/mol. The molecular weight excluding hydrogens is 474 g/mol. The topological polar surface area (TPSA) is 133 Å². The van der Waals surface area contributed by atoms with Crippen molar-refractivity contribution in [3.63, 3.8) is 0 Å². The van der Waals surface area contributed by atoms with E-state index < -0.39 is 0 Å². The highest BCUT2D eigenvalue weighted by atomic mass is 16.5. The second-order valence-corrected chi connectivity index (χ2v) is 8.11. The highest BCUT2D eigenvalue weighted by molar-refractivity contribution is 6.04. The molecule has 4 rings (SSSR count). The largest absolute Gasteiger partial charge is 0.494 e. The van der Waals surface area contributed by atoms with Gasteiger partial charge in [-0.25, -0.2) is 4.98 Å². The average molecular weight is 504 g/mol. The molecule has 1 aliphatic heterocycles. The van der Waals surface area contributed by atoms with Crippen molar-refractivity contribution in [3.8, 4) is 5.75 Å². The molecule has 37 heavy (non-hydrogen) atoms. The van der Waals surface area contributed by atoms with E-state index in [-0.39, 0.29) is 5.91 Å². The minimum absolute atomic E-state index is 0.294. The highest BCUT2D eigenvalue weighted by Gasteiger charge is 2.16. The summed E-state index contributed by atoms with van der Waals surface area (Å²) < 4.78 is 11.1. The third-order valence-electron chi connectivity index (χ3n) is 5.76. The summed E-state index contributed by atoms with van der Waals surface area (Å²) in [5, 5.41) is 21.9. The summed E-state index contributed by atoms with van der Waals surface area (Å²) in [5.41, 5.74) is 3.63. The maximum absolute atomic E-state index is 11.9. The van der Waals surface area contributed by atoms with Gasteiger partial charge in [-0.15, -0.1) is 0 Å². The number of anilines is 6. The zero-order chi connectivity index (χ0) is 26.2. The van der Waals surface area contributed by atoms with Crippen LogP contribution in [0.5, 0.6) is 5.75 Å². The van der Waals surface area contributed by atoms with Crippen molar-refractivity contribution in [3.05, 3.63) is 66.9 Å². The lowest BCUT2D eigenvalue weighted by molar-refractivity contribution is -0.111. The molecule has 192 valence electrons. The minimum Gasteiger partial charge on any atom is -0.494 e. The number of rotatable bonds is 9. The first kappa shape index (κ1) is 25.5. The molecule has 1 fully saturated rings. The first-order valence-electron chi connectivity index (χ1n) is 11.7. The van der Waals surface area contributed by atoms with Crippen LogP contribution in [0, 0.1) is 0 Å². The number of hydrogen-bond donors (Lipinski definition) is 4.